The molecular weight excluding hydrogens is 394 g/mol. The van der Waals surface area contributed by atoms with Gasteiger partial charge in [0.05, 0.1) is 19.3 Å². The second kappa shape index (κ2) is 9.39. The molecule has 0 unspecified atom stereocenters. The smallest absolute Gasteiger partial charge is 0.337 e. The van der Waals surface area contributed by atoms with E-state index in [1.807, 2.05) is 6.92 Å². The fourth-order valence-corrected chi connectivity index (χ4v) is 4.00. The number of piperidine rings is 1. The summed E-state index contributed by atoms with van der Waals surface area (Å²) in [4.78, 5) is 18.9. The van der Waals surface area contributed by atoms with Crippen molar-refractivity contribution < 1.29 is 18.7 Å². The summed E-state index contributed by atoms with van der Waals surface area (Å²) in [6.07, 6.45) is 2.02. The first kappa shape index (κ1) is 21.2. The van der Waals surface area contributed by atoms with Crippen LogP contribution in [0.25, 0.3) is 11.1 Å². The molecule has 7 nitrogen and oxygen atoms in total. The first-order valence-electron chi connectivity index (χ1n) is 10.8. The zero-order valence-electron chi connectivity index (χ0n) is 18.3. The van der Waals surface area contributed by atoms with Crippen LogP contribution in [0.1, 0.15) is 41.3 Å². The van der Waals surface area contributed by atoms with Crippen LogP contribution in [0, 0.1) is 6.92 Å². The number of hydrogen-bond acceptors (Lipinski definition) is 7. The van der Waals surface area contributed by atoms with E-state index in [1.165, 1.54) is 7.11 Å². The van der Waals surface area contributed by atoms with E-state index in [0.717, 1.165) is 48.3 Å². The fourth-order valence-electron chi connectivity index (χ4n) is 4.00. The van der Waals surface area contributed by atoms with Crippen LogP contribution in [-0.2, 0) is 11.3 Å². The van der Waals surface area contributed by atoms with Crippen LogP contribution in [0.2, 0.25) is 0 Å². The lowest BCUT2D eigenvalue weighted by Crippen LogP contribution is -2.43. The maximum atomic E-state index is 11.9. The Bertz CT molecular complexity index is 1060. The average molecular weight is 424 g/mol. The number of fused-ring (bicyclic) bond motifs is 1. The number of ether oxygens (including phenoxy) is 2. The Morgan fingerprint density at radius 2 is 2.03 bits per heavy atom. The number of esters is 1. The summed E-state index contributed by atoms with van der Waals surface area (Å²) in [5.41, 5.74) is 4.02. The Morgan fingerprint density at radius 1 is 1.23 bits per heavy atom. The molecule has 1 aromatic heterocycles. The second-order valence-corrected chi connectivity index (χ2v) is 7.81. The summed E-state index contributed by atoms with van der Waals surface area (Å²) in [5.74, 6) is 0.517. The van der Waals surface area contributed by atoms with Crippen LogP contribution in [-0.4, -0.2) is 43.8 Å². The highest BCUT2D eigenvalue weighted by Gasteiger charge is 2.26. The normalized spacial score (nSPS) is 14.5. The van der Waals surface area contributed by atoms with Crippen molar-refractivity contribution in [2.45, 2.75) is 39.3 Å². The molecule has 1 aliphatic rings. The van der Waals surface area contributed by atoms with Gasteiger partial charge in [0.15, 0.2) is 5.58 Å². The van der Waals surface area contributed by atoms with E-state index in [9.17, 15) is 4.79 Å². The third-order valence-electron chi connectivity index (χ3n) is 5.70. The molecule has 7 heteroatoms. The molecule has 0 amide bonds. The summed E-state index contributed by atoms with van der Waals surface area (Å²) in [5, 5.41) is 3.42. The highest BCUT2D eigenvalue weighted by atomic mass is 16.5. The van der Waals surface area contributed by atoms with Crippen molar-refractivity contribution in [1.29, 1.82) is 0 Å². The third-order valence-corrected chi connectivity index (χ3v) is 5.70. The SMILES string of the molecule is CCOc1cc(CN(c2nc3ccc(C(=O)OC)cc3o2)C2CCNCC2)ccc1C. The van der Waals surface area contributed by atoms with Gasteiger partial charge in [0.25, 0.3) is 6.01 Å². The molecule has 1 N–H and O–H groups in total. The van der Waals surface area contributed by atoms with Gasteiger partial charge in [-0.25, -0.2) is 4.79 Å². The minimum atomic E-state index is -0.391. The molecule has 31 heavy (non-hydrogen) atoms. The number of carbonyl (C=O) groups excluding carboxylic acids is 1. The van der Waals surface area contributed by atoms with Gasteiger partial charge < -0.3 is 24.1 Å². The van der Waals surface area contributed by atoms with E-state index >= 15 is 0 Å². The molecular formula is C24H29N3O4. The van der Waals surface area contributed by atoms with E-state index in [1.54, 1.807) is 18.2 Å². The summed E-state index contributed by atoms with van der Waals surface area (Å²) in [6, 6.07) is 12.4. The van der Waals surface area contributed by atoms with Crippen LogP contribution in [0.3, 0.4) is 0 Å². The first-order valence-corrected chi connectivity index (χ1v) is 10.8. The summed E-state index contributed by atoms with van der Waals surface area (Å²) < 4.78 is 16.8. The van der Waals surface area contributed by atoms with E-state index < -0.39 is 5.97 Å². The van der Waals surface area contributed by atoms with Gasteiger partial charge in [-0.1, -0.05) is 12.1 Å². The average Bonchev–Trinajstić information content (AvgIpc) is 3.22. The van der Waals surface area contributed by atoms with E-state index in [-0.39, 0.29) is 0 Å². The highest BCUT2D eigenvalue weighted by Crippen LogP contribution is 2.29. The molecule has 0 radical (unpaired) electrons. The Balaban J connectivity index is 1.68. The standard InChI is InChI=1S/C24H29N3O4/c1-4-30-21-13-17(6-5-16(21)2)15-27(19-9-11-25-12-10-19)24-26-20-8-7-18(23(28)29-3)14-22(20)31-24/h5-8,13-14,19,25H,4,9-12,15H2,1-3H3. The molecule has 2 aromatic carbocycles. The molecule has 0 atom stereocenters. The summed E-state index contributed by atoms with van der Waals surface area (Å²) in [7, 11) is 1.37. The van der Waals surface area contributed by atoms with Gasteiger partial charge in [0.1, 0.15) is 11.3 Å². The zero-order chi connectivity index (χ0) is 21.8. The van der Waals surface area contributed by atoms with Crippen molar-refractivity contribution in [3.8, 4) is 5.75 Å². The lowest BCUT2D eigenvalue weighted by molar-refractivity contribution is 0.0600. The molecule has 4 rings (SSSR count). The number of methoxy groups -OCH3 is 1. The molecule has 1 aliphatic heterocycles. The van der Waals surface area contributed by atoms with Crippen LogP contribution in [0.5, 0.6) is 5.75 Å². The van der Waals surface area contributed by atoms with Gasteiger partial charge in [0, 0.05) is 12.6 Å². The van der Waals surface area contributed by atoms with Crippen molar-refractivity contribution in [3.63, 3.8) is 0 Å². The Hall–Kier alpha value is -3.06. The number of oxazole rings is 1. The van der Waals surface area contributed by atoms with Crippen molar-refractivity contribution in [2.24, 2.45) is 0 Å². The van der Waals surface area contributed by atoms with Crippen molar-refractivity contribution in [2.75, 3.05) is 31.7 Å². The maximum absolute atomic E-state index is 11.9. The van der Waals surface area contributed by atoms with Crippen LogP contribution >= 0.6 is 0 Å². The molecule has 1 saturated heterocycles. The summed E-state index contributed by atoms with van der Waals surface area (Å²) >= 11 is 0. The number of benzene rings is 2. The number of rotatable bonds is 7. The number of aromatic nitrogens is 1. The zero-order valence-corrected chi connectivity index (χ0v) is 18.3. The number of aryl methyl sites for hydroxylation is 1. The largest absolute Gasteiger partial charge is 0.494 e. The van der Waals surface area contributed by atoms with E-state index in [0.29, 0.717) is 36.4 Å². The minimum absolute atomic E-state index is 0.311. The molecule has 3 aromatic rings. The molecule has 1 fully saturated rings. The molecule has 0 saturated carbocycles. The van der Waals surface area contributed by atoms with Crippen LogP contribution < -0.4 is 15.0 Å². The lowest BCUT2D eigenvalue weighted by Gasteiger charge is -2.33. The summed E-state index contributed by atoms with van der Waals surface area (Å²) in [6.45, 7) is 7.28. The molecule has 0 bridgehead atoms. The van der Waals surface area contributed by atoms with Gasteiger partial charge in [-0.15, -0.1) is 0 Å². The van der Waals surface area contributed by atoms with Gasteiger partial charge >= 0.3 is 5.97 Å². The van der Waals surface area contributed by atoms with Crippen molar-refractivity contribution >= 4 is 23.1 Å². The second-order valence-electron chi connectivity index (χ2n) is 7.81. The van der Waals surface area contributed by atoms with Gasteiger partial charge in [-0.3, -0.25) is 0 Å². The van der Waals surface area contributed by atoms with Gasteiger partial charge in [-0.05, 0) is 75.2 Å². The van der Waals surface area contributed by atoms with Gasteiger partial charge in [-0.2, -0.15) is 4.98 Å². The lowest BCUT2D eigenvalue weighted by atomic mass is 10.0. The Labute approximate surface area is 182 Å². The number of hydrogen-bond donors (Lipinski definition) is 1. The monoisotopic (exact) mass is 423 g/mol. The third kappa shape index (κ3) is 4.66. The fraction of sp³-hybridized carbons (Fsp3) is 0.417. The Kier molecular flexibility index (Phi) is 6.42. The van der Waals surface area contributed by atoms with Crippen molar-refractivity contribution in [3.05, 3.63) is 53.1 Å². The quantitative estimate of drug-likeness (QED) is 0.574. The Morgan fingerprint density at radius 3 is 2.77 bits per heavy atom. The predicted molar refractivity (Wildman–Crippen MR) is 120 cm³/mol. The highest BCUT2D eigenvalue weighted by molar-refractivity contribution is 5.93. The van der Waals surface area contributed by atoms with Crippen LogP contribution in [0.4, 0.5) is 6.01 Å². The minimum Gasteiger partial charge on any atom is -0.494 e. The molecule has 0 aliphatic carbocycles. The van der Waals surface area contributed by atoms with E-state index in [4.69, 9.17) is 18.9 Å². The van der Waals surface area contributed by atoms with Gasteiger partial charge in [0.2, 0.25) is 0 Å². The number of carbonyl (C=O) groups is 1. The maximum Gasteiger partial charge on any atom is 0.337 e. The van der Waals surface area contributed by atoms with Crippen molar-refractivity contribution in [1.82, 2.24) is 10.3 Å². The molecule has 0 spiro atoms. The first-order chi connectivity index (χ1) is 15.1. The number of nitrogens with zero attached hydrogens (tertiary/aromatic N) is 2. The predicted octanol–water partition coefficient (Wildman–Crippen LogP) is 4.08. The topological polar surface area (TPSA) is 76.8 Å². The number of anilines is 1. The van der Waals surface area contributed by atoms with Crippen LogP contribution in [0.15, 0.2) is 40.8 Å². The molecule has 2 heterocycles. The van der Waals surface area contributed by atoms with E-state index in [2.05, 4.69) is 35.3 Å². The number of nitrogens with one attached hydrogen (secondary N) is 1. The molecule has 164 valence electrons.